The van der Waals surface area contributed by atoms with Crippen LogP contribution in [0.1, 0.15) is 13.8 Å². The molecule has 0 saturated heterocycles. The Morgan fingerprint density at radius 2 is 1.14 bits per heavy atom. The van der Waals surface area contributed by atoms with Crippen molar-refractivity contribution in [1.82, 2.24) is 0 Å². The van der Waals surface area contributed by atoms with Crippen LogP contribution >= 0.6 is 0 Å². The summed E-state index contributed by atoms with van der Waals surface area (Å²) >= 11 is -1.37. The molecule has 0 N–H and O–H groups in total. The Morgan fingerprint density at radius 3 is 1.14 bits per heavy atom. The van der Waals surface area contributed by atoms with E-state index in [1.54, 1.807) is 0 Å². The van der Waals surface area contributed by atoms with Crippen molar-refractivity contribution in [1.29, 1.82) is 0 Å². The fraction of sp³-hybridized carbons (Fsp3) is 1.00. The van der Waals surface area contributed by atoms with Gasteiger partial charge in [0.25, 0.3) is 0 Å². The molecule has 0 nitrogen and oxygen atoms in total. The molecule has 0 aromatic rings. The van der Waals surface area contributed by atoms with Gasteiger partial charge in [-0.15, -0.1) is 0 Å². The van der Waals surface area contributed by atoms with Gasteiger partial charge in [-0.25, -0.2) is 0 Å². The molecule has 7 heavy (non-hydrogen) atoms. The molecule has 0 radical (unpaired) electrons. The third-order valence-corrected chi connectivity index (χ3v) is 11.6. The first-order chi connectivity index (χ1) is 2.94. The number of rotatable bonds is 1. The molecular weight excluding hydrogens is 191 g/mol. The van der Waals surface area contributed by atoms with Crippen molar-refractivity contribution < 1.29 is 0 Å². The van der Waals surface area contributed by atoms with Gasteiger partial charge in [0.05, 0.1) is 0 Å². The summed E-state index contributed by atoms with van der Waals surface area (Å²) in [4.78, 5) is 7.41. The van der Waals surface area contributed by atoms with Crippen LogP contribution in [0.3, 0.4) is 0 Å². The van der Waals surface area contributed by atoms with Crippen molar-refractivity contribution in [2.75, 3.05) is 0 Å². The Balaban J connectivity index is 3.54. The van der Waals surface area contributed by atoms with Crippen LogP contribution in [0.2, 0.25) is 18.8 Å². The molecule has 0 aromatic carbocycles. The SMILES string of the molecule is C[CH](C)[Sn]([CH3])([CH3])[CH3]. The normalized spacial score (nSPS) is 12.9. The van der Waals surface area contributed by atoms with Crippen LogP contribution in [-0.2, 0) is 0 Å². The van der Waals surface area contributed by atoms with Crippen LogP contribution in [0.15, 0.2) is 0 Å². The van der Waals surface area contributed by atoms with Gasteiger partial charge in [-0.05, 0) is 0 Å². The van der Waals surface area contributed by atoms with Gasteiger partial charge in [-0.3, -0.25) is 0 Å². The molecule has 0 heterocycles. The van der Waals surface area contributed by atoms with Gasteiger partial charge in [-0.1, -0.05) is 0 Å². The first kappa shape index (κ1) is 7.80. The molecule has 0 amide bonds. The zero-order valence-electron chi connectivity index (χ0n) is 6.08. The Bertz CT molecular complexity index is 49.7. The zero-order valence-corrected chi connectivity index (χ0v) is 8.93. The maximum atomic E-state index is 2.47. The topological polar surface area (TPSA) is 0 Å². The van der Waals surface area contributed by atoms with Crippen LogP contribution in [0.25, 0.3) is 0 Å². The number of hydrogen-bond donors (Lipinski definition) is 0. The minimum atomic E-state index is -1.37. The molecule has 0 saturated carbocycles. The van der Waals surface area contributed by atoms with Gasteiger partial charge in [0.15, 0.2) is 0 Å². The molecule has 0 atom stereocenters. The molecule has 0 aliphatic heterocycles. The van der Waals surface area contributed by atoms with E-state index in [1.165, 1.54) is 0 Å². The summed E-state index contributed by atoms with van der Waals surface area (Å²) in [5.41, 5.74) is 0. The van der Waals surface area contributed by atoms with E-state index < -0.39 is 18.4 Å². The average molecular weight is 207 g/mol. The fourth-order valence-corrected chi connectivity index (χ4v) is 0. The van der Waals surface area contributed by atoms with E-state index in [0.29, 0.717) is 0 Å². The second kappa shape index (κ2) is 2.38. The van der Waals surface area contributed by atoms with Crippen LogP contribution in [0.4, 0.5) is 0 Å². The van der Waals surface area contributed by atoms with Crippen molar-refractivity contribution in [3.63, 3.8) is 0 Å². The molecule has 44 valence electrons. The fourth-order valence-electron chi connectivity index (χ4n) is 0. The molecule has 0 aliphatic carbocycles. The van der Waals surface area contributed by atoms with Crippen molar-refractivity contribution in [3.8, 4) is 0 Å². The van der Waals surface area contributed by atoms with E-state index in [1.807, 2.05) is 0 Å². The average Bonchev–Trinajstić information content (AvgIpc) is 1.31. The summed E-state index contributed by atoms with van der Waals surface area (Å²) in [6, 6.07) is 0. The molecule has 0 spiro atoms. The standard InChI is InChI=1S/C3H7.3CH3.Sn/c1-3-2;;;;/h3H,1-2H3;3*1H3;. The second-order valence-electron chi connectivity index (χ2n) is 3.52. The van der Waals surface area contributed by atoms with Crippen LogP contribution in [0.5, 0.6) is 0 Å². The summed E-state index contributed by atoms with van der Waals surface area (Å²) in [6.07, 6.45) is 0. The van der Waals surface area contributed by atoms with E-state index in [2.05, 4.69) is 28.7 Å². The predicted octanol–water partition coefficient (Wildman–Crippen LogP) is 2.73. The molecule has 0 unspecified atom stereocenters. The predicted molar refractivity (Wildman–Crippen MR) is 38.4 cm³/mol. The van der Waals surface area contributed by atoms with Gasteiger partial charge < -0.3 is 0 Å². The quantitative estimate of drug-likeness (QED) is 0.579. The Kier molecular flexibility index (Phi) is 2.65. The van der Waals surface area contributed by atoms with Crippen LogP contribution in [-0.4, -0.2) is 18.4 Å². The van der Waals surface area contributed by atoms with E-state index in [4.69, 9.17) is 0 Å². The van der Waals surface area contributed by atoms with Crippen LogP contribution < -0.4 is 0 Å². The van der Waals surface area contributed by atoms with Crippen molar-refractivity contribution in [2.45, 2.75) is 32.6 Å². The Morgan fingerprint density at radius 1 is 1.00 bits per heavy atom. The van der Waals surface area contributed by atoms with Crippen molar-refractivity contribution >= 4 is 18.4 Å². The molecule has 0 aliphatic rings. The van der Waals surface area contributed by atoms with E-state index in [9.17, 15) is 0 Å². The summed E-state index contributed by atoms with van der Waals surface area (Å²) in [5.74, 6) is 0. The molecule has 0 bridgehead atoms. The van der Waals surface area contributed by atoms with Gasteiger partial charge in [0.1, 0.15) is 0 Å². The summed E-state index contributed by atoms with van der Waals surface area (Å²) in [6.45, 7) is 4.69. The van der Waals surface area contributed by atoms with Gasteiger partial charge in [0.2, 0.25) is 0 Å². The first-order valence-electron chi connectivity index (χ1n) is 2.94. The van der Waals surface area contributed by atoms with Crippen molar-refractivity contribution in [2.24, 2.45) is 0 Å². The third-order valence-electron chi connectivity index (χ3n) is 1.73. The van der Waals surface area contributed by atoms with Gasteiger partial charge in [0, 0.05) is 0 Å². The Labute approximate surface area is 51.2 Å². The third kappa shape index (κ3) is 3.39. The zero-order chi connectivity index (χ0) is 6.08. The minimum absolute atomic E-state index is 1.01. The monoisotopic (exact) mass is 208 g/mol. The molecule has 1 heteroatoms. The molecule has 0 aromatic heterocycles. The summed E-state index contributed by atoms with van der Waals surface area (Å²) in [5, 5.41) is 0. The van der Waals surface area contributed by atoms with Gasteiger partial charge in [-0.2, -0.15) is 0 Å². The van der Waals surface area contributed by atoms with Gasteiger partial charge >= 0.3 is 51.0 Å². The first-order valence-corrected chi connectivity index (χ1v) is 13.2. The maximum absolute atomic E-state index is 2.47. The second-order valence-corrected chi connectivity index (χ2v) is 20.3. The molecule has 0 rings (SSSR count). The van der Waals surface area contributed by atoms with Crippen molar-refractivity contribution in [3.05, 3.63) is 0 Å². The molecule has 0 fully saturated rings. The Hall–Kier alpha value is 0.799. The summed E-state index contributed by atoms with van der Waals surface area (Å²) < 4.78 is 1.01. The number of hydrogen-bond acceptors (Lipinski definition) is 0. The molecular formula is C6H16Sn. The van der Waals surface area contributed by atoms with E-state index in [0.717, 1.165) is 3.93 Å². The van der Waals surface area contributed by atoms with E-state index >= 15 is 0 Å². The van der Waals surface area contributed by atoms with Crippen LogP contribution in [0, 0.1) is 0 Å². The van der Waals surface area contributed by atoms with E-state index in [-0.39, 0.29) is 0 Å². The summed E-state index contributed by atoms with van der Waals surface area (Å²) in [7, 11) is 0.